The summed E-state index contributed by atoms with van der Waals surface area (Å²) >= 11 is 0. The molecule has 4 heteroatoms. The molecule has 0 bridgehead atoms. The number of ether oxygens (including phenoxy) is 2. The zero-order valence-electron chi connectivity index (χ0n) is 12.4. The van der Waals surface area contributed by atoms with Crippen LogP contribution in [0, 0.1) is 11.8 Å². The van der Waals surface area contributed by atoms with Gasteiger partial charge in [-0.3, -0.25) is 0 Å². The number of para-hydroxylation sites is 1. The monoisotopic (exact) mass is 278 g/mol. The standard InChI is InChI=1S/C16H22O4/c1-10(2)16(18,15(17)19-4)14-11(3)9-20-13-8-6-5-7-12(13)14/h5-8,10-11,14,18H,9H2,1-4H3. The Morgan fingerprint density at radius 3 is 2.70 bits per heavy atom. The Kier molecular flexibility index (Phi) is 4.04. The van der Waals surface area contributed by atoms with Crippen molar-refractivity contribution in [3.05, 3.63) is 29.8 Å². The van der Waals surface area contributed by atoms with Crippen molar-refractivity contribution in [1.29, 1.82) is 0 Å². The van der Waals surface area contributed by atoms with Gasteiger partial charge >= 0.3 is 5.97 Å². The quantitative estimate of drug-likeness (QED) is 0.862. The molecule has 0 amide bonds. The van der Waals surface area contributed by atoms with Crippen molar-refractivity contribution in [2.45, 2.75) is 32.3 Å². The molecule has 0 spiro atoms. The van der Waals surface area contributed by atoms with Gasteiger partial charge < -0.3 is 14.6 Å². The van der Waals surface area contributed by atoms with Gasteiger partial charge in [-0.15, -0.1) is 0 Å². The highest BCUT2D eigenvalue weighted by Crippen LogP contribution is 2.46. The minimum absolute atomic E-state index is 0.0244. The van der Waals surface area contributed by atoms with Crippen LogP contribution in [0.15, 0.2) is 24.3 Å². The van der Waals surface area contributed by atoms with E-state index >= 15 is 0 Å². The minimum atomic E-state index is -1.55. The summed E-state index contributed by atoms with van der Waals surface area (Å²) in [5.74, 6) is -0.413. The minimum Gasteiger partial charge on any atom is -0.493 e. The van der Waals surface area contributed by atoms with Crippen molar-refractivity contribution in [1.82, 2.24) is 0 Å². The Labute approximate surface area is 119 Å². The maximum absolute atomic E-state index is 12.2. The predicted octanol–water partition coefficient (Wildman–Crippen LogP) is 2.36. The lowest BCUT2D eigenvalue weighted by Gasteiger charge is -2.43. The largest absolute Gasteiger partial charge is 0.493 e. The van der Waals surface area contributed by atoms with Crippen LogP contribution in [-0.4, -0.2) is 30.4 Å². The molecular weight excluding hydrogens is 256 g/mol. The van der Waals surface area contributed by atoms with Crippen molar-refractivity contribution in [2.75, 3.05) is 13.7 Å². The van der Waals surface area contributed by atoms with Crippen LogP contribution in [-0.2, 0) is 9.53 Å². The number of carbonyl (C=O) groups excluding carboxylic acids is 1. The highest BCUT2D eigenvalue weighted by atomic mass is 16.5. The summed E-state index contributed by atoms with van der Waals surface area (Å²) in [7, 11) is 1.31. The average molecular weight is 278 g/mol. The maximum atomic E-state index is 12.2. The number of esters is 1. The molecule has 1 N–H and O–H groups in total. The zero-order chi connectivity index (χ0) is 14.9. The first kappa shape index (κ1) is 14.9. The summed E-state index contributed by atoms with van der Waals surface area (Å²) in [5.41, 5.74) is -0.679. The lowest BCUT2D eigenvalue weighted by atomic mass is 9.68. The van der Waals surface area contributed by atoms with Gasteiger partial charge in [-0.2, -0.15) is 0 Å². The third-order valence-electron chi connectivity index (χ3n) is 4.19. The van der Waals surface area contributed by atoms with E-state index in [1.165, 1.54) is 7.11 Å². The second kappa shape index (κ2) is 5.44. The van der Waals surface area contributed by atoms with Gasteiger partial charge in [0.1, 0.15) is 5.75 Å². The van der Waals surface area contributed by atoms with Gasteiger partial charge in [-0.05, 0) is 12.0 Å². The molecule has 0 radical (unpaired) electrons. The van der Waals surface area contributed by atoms with Crippen LogP contribution in [0.25, 0.3) is 0 Å². The van der Waals surface area contributed by atoms with Crippen LogP contribution in [0.5, 0.6) is 5.75 Å². The predicted molar refractivity (Wildman–Crippen MR) is 75.6 cm³/mol. The van der Waals surface area contributed by atoms with Crippen molar-refractivity contribution >= 4 is 5.97 Å². The molecule has 1 aromatic rings. The van der Waals surface area contributed by atoms with E-state index in [0.717, 1.165) is 11.3 Å². The molecule has 3 unspecified atom stereocenters. The van der Waals surface area contributed by atoms with Gasteiger partial charge in [0.2, 0.25) is 0 Å². The molecule has 1 heterocycles. The normalized spacial score (nSPS) is 24.5. The lowest BCUT2D eigenvalue weighted by Crippen LogP contribution is -2.53. The Morgan fingerprint density at radius 2 is 2.10 bits per heavy atom. The van der Waals surface area contributed by atoms with E-state index in [9.17, 15) is 9.90 Å². The van der Waals surface area contributed by atoms with E-state index < -0.39 is 11.6 Å². The summed E-state index contributed by atoms with van der Waals surface area (Å²) in [6, 6.07) is 7.56. The summed E-state index contributed by atoms with van der Waals surface area (Å²) in [6.07, 6.45) is 0. The second-order valence-electron chi connectivity index (χ2n) is 5.78. The Morgan fingerprint density at radius 1 is 1.45 bits per heavy atom. The summed E-state index contributed by atoms with van der Waals surface area (Å²) in [6.45, 7) is 6.13. The number of benzene rings is 1. The molecule has 110 valence electrons. The third kappa shape index (κ3) is 2.18. The van der Waals surface area contributed by atoms with E-state index in [4.69, 9.17) is 9.47 Å². The smallest absolute Gasteiger partial charge is 0.338 e. The van der Waals surface area contributed by atoms with Gasteiger partial charge in [0.05, 0.1) is 13.7 Å². The number of methoxy groups -OCH3 is 1. The molecule has 0 fully saturated rings. The van der Waals surface area contributed by atoms with E-state index in [1.807, 2.05) is 45.0 Å². The molecule has 1 aliphatic rings. The zero-order valence-corrected chi connectivity index (χ0v) is 12.4. The molecule has 0 aliphatic carbocycles. The van der Waals surface area contributed by atoms with Crippen molar-refractivity contribution in [2.24, 2.45) is 11.8 Å². The topological polar surface area (TPSA) is 55.8 Å². The number of hydrogen-bond acceptors (Lipinski definition) is 4. The van der Waals surface area contributed by atoms with Gasteiger partial charge in [-0.25, -0.2) is 4.79 Å². The van der Waals surface area contributed by atoms with Gasteiger partial charge in [0, 0.05) is 17.4 Å². The Bertz CT molecular complexity index is 497. The second-order valence-corrected chi connectivity index (χ2v) is 5.78. The first-order valence-corrected chi connectivity index (χ1v) is 6.95. The van der Waals surface area contributed by atoms with Gasteiger partial charge in [-0.1, -0.05) is 39.0 Å². The third-order valence-corrected chi connectivity index (χ3v) is 4.19. The lowest BCUT2D eigenvalue weighted by molar-refractivity contribution is -0.174. The fourth-order valence-corrected chi connectivity index (χ4v) is 3.05. The summed E-state index contributed by atoms with van der Waals surface area (Å²) < 4.78 is 10.6. The van der Waals surface area contributed by atoms with Crippen LogP contribution >= 0.6 is 0 Å². The number of aliphatic hydroxyl groups is 1. The van der Waals surface area contributed by atoms with Crippen LogP contribution in [0.1, 0.15) is 32.3 Å². The molecule has 2 rings (SSSR count). The number of rotatable bonds is 3. The summed E-state index contributed by atoms with van der Waals surface area (Å²) in [4.78, 5) is 12.2. The molecular formula is C16H22O4. The molecule has 3 atom stereocenters. The van der Waals surface area contributed by atoms with Crippen molar-refractivity contribution in [3.8, 4) is 5.75 Å². The van der Waals surface area contributed by atoms with Gasteiger partial charge in [0.25, 0.3) is 0 Å². The fourth-order valence-electron chi connectivity index (χ4n) is 3.05. The molecule has 1 aromatic carbocycles. The fraction of sp³-hybridized carbons (Fsp3) is 0.562. The first-order chi connectivity index (χ1) is 9.42. The van der Waals surface area contributed by atoms with Gasteiger partial charge in [0.15, 0.2) is 5.60 Å². The first-order valence-electron chi connectivity index (χ1n) is 6.95. The Balaban J connectivity index is 2.56. The van der Waals surface area contributed by atoms with Crippen LogP contribution in [0.2, 0.25) is 0 Å². The van der Waals surface area contributed by atoms with Crippen molar-refractivity contribution in [3.63, 3.8) is 0 Å². The van der Waals surface area contributed by atoms with E-state index in [1.54, 1.807) is 0 Å². The molecule has 1 aliphatic heterocycles. The van der Waals surface area contributed by atoms with E-state index in [-0.39, 0.29) is 17.8 Å². The SMILES string of the molecule is COC(=O)C(O)(C(C)C)C1c2ccccc2OCC1C. The number of carbonyl (C=O) groups is 1. The number of fused-ring (bicyclic) bond motifs is 1. The molecule has 4 nitrogen and oxygen atoms in total. The summed E-state index contributed by atoms with van der Waals surface area (Å²) in [5, 5.41) is 11.1. The average Bonchev–Trinajstić information content (AvgIpc) is 2.45. The van der Waals surface area contributed by atoms with E-state index in [2.05, 4.69) is 0 Å². The number of hydrogen-bond donors (Lipinski definition) is 1. The van der Waals surface area contributed by atoms with E-state index in [0.29, 0.717) is 6.61 Å². The molecule has 20 heavy (non-hydrogen) atoms. The highest BCUT2D eigenvalue weighted by molar-refractivity contribution is 5.81. The molecule has 0 saturated carbocycles. The van der Waals surface area contributed by atoms with Crippen LogP contribution in [0.4, 0.5) is 0 Å². The highest BCUT2D eigenvalue weighted by Gasteiger charge is 2.52. The van der Waals surface area contributed by atoms with Crippen LogP contribution in [0.3, 0.4) is 0 Å². The molecule has 0 aromatic heterocycles. The molecule has 0 saturated heterocycles. The Hall–Kier alpha value is -1.55. The van der Waals surface area contributed by atoms with Crippen molar-refractivity contribution < 1.29 is 19.4 Å². The maximum Gasteiger partial charge on any atom is 0.338 e. The van der Waals surface area contributed by atoms with Crippen LogP contribution < -0.4 is 4.74 Å².